The first-order chi connectivity index (χ1) is 14.4. The Hall–Kier alpha value is -3.13. The highest BCUT2D eigenvalue weighted by Gasteiger charge is 2.27. The lowest BCUT2D eigenvalue weighted by atomic mass is 9.95. The first-order valence-corrected chi connectivity index (χ1v) is 11.2. The molecule has 1 fully saturated rings. The molecule has 1 saturated heterocycles. The van der Waals surface area contributed by atoms with Crippen molar-refractivity contribution >= 4 is 27.5 Å². The monoisotopic (exact) mass is 427 g/mol. The van der Waals surface area contributed by atoms with Gasteiger partial charge in [0.25, 0.3) is 15.9 Å². The van der Waals surface area contributed by atoms with Crippen molar-refractivity contribution in [3.8, 4) is 0 Å². The zero-order valence-electron chi connectivity index (χ0n) is 16.6. The Morgan fingerprint density at radius 3 is 2.43 bits per heavy atom. The van der Waals surface area contributed by atoms with Crippen molar-refractivity contribution in [3.63, 3.8) is 0 Å². The van der Waals surface area contributed by atoms with Gasteiger partial charge in [0.2, 0.25) is 5.91 Å². The number of likely N-dealkylation sites (tertiary alicyclic amines) is 1. The minimum atomic E-state index is -3.73. The minimum absolute atomic E-state index is 0.0145. The van der Waals surface area contributed by atoms with E-state index in [1.807, 2.05) is 0 Å². The highest BCUT2D eigenvalue weighted by atomic mass is 32.2. The quantitative estimate of drug-likeness (QED) is 0.664. The first-order valence-electron chi connectivity index (χ1n) is 9.76. The maximum absolute atomic E-state index is 12.9. The number of rotatable bonds is 7. The largest absolute Gasteiger partial charge is 0.352 e. The molecule has 2 aromatic carbocycles. The van der Waals surface area contributed by atoms with Crippen molar-refractivity contribution in [3.05, 3.63) is 72.8 Å². The van der Waals surface area contributed by atoms with Gasteiger partial charge in [0.1, 0.15) is 0 Å². The van der Waals surface area contributed by atoms with Gasteiger partial charge < -0.3 is 10.2 Å². The smallest absolute Gasteiger partial charge is 0.261 e. The standard InChI is InChI=1S/C22H25N3O4S/c1-2-13-23-21(26)17-11-14-25(15-12-17)22(27)18-7-6-8-19(16-18)24-30(28,29)20-9-4-3-5-10-20/h2-10,16-17,24H,1,11-15H2,(H,23,26). The van der Waals surface area contributed by atoms with Crippen LogP contribution in [0.2, 0.25) is 0 Å². The van der Waals surface area contributed by atoms with E-state index in [0.717, 1.165) is 0 Å². The molecule has 2 N–H and O–H groups in total. The van der Waals surface area contributed by atoms with E-state index < -0.39 is 10.0 Å². The number of carbonyl (C=O) groups is 2. The second-order valence-corrected chi connectivity index (χ2v) is 8.78. The van der Waals surface area contributed by atoms with Crippen LogP contribution in [0.25, 0.3) is 0 Å². The molecule has 0 unspecified atom stereocenters. The summed E-state index contributed by atoms with van der Waals surface area (Å²) in [4.78, 5) is 26.8. The summed E-state index contributed by atoms with van der Waals surface area (Å²) >= 11 is 0. The Morgan fingerprint density at radius 2 is 1.77 bits per heavy atom. The summed E-state index contributed by atoms with van der Waals surface area (Å²) < 4.78 is 27.5. The van der Waals surface area contributed by atoms with Crippen LogP contribution in [0.5, 0.6) is 0 Å². The minimum Gasteiger partial charge on any atom is -0.352 e. The van der Waals surface area contributed by atoms with E-state index in [-0.39, 0.29) is 22.6 Å². The molecule has 0 spiro atoms. The van der Waals surface area contributed by atoms with E-state index in [0.29, 0.717) is 43.7 Å². The Balaban J connectivity index is 1.64. The van der Waals surface area contributed by atoms with Crippen molar-refractivity contribution in [2.75, 3.05) is 24.4 Å². The molecule has 0 aromatic heterocycles. The van der Waals surface area contributed by atoms with Gasteiger partial charge in [-0.15, -0.1) is 6.58 Å². The molecule has 1 heterocycles. The zero-order chi connectivity index (χ0) is 21.6. The van der Waals surface area contributed by atoms with E-state index in [2.05, 4.69) is 16.6 Å². The van der Waals surface area contributed by atoms with Crippen LogP contribution in [0.4, 0.5) is 5.69 Å². The average molecular weight is 428 g/mol. The van der Waals surface area contributed by atoms with Gasteiger partial charge in [0.05, 0.1) is 4.90 Å². The van der Waals surface area contributed by atoms with Gasteiger partial charge in [0.15, 0.2) is 0 Å². The molecule has 0 bridgehead atoms. The van der Waals surface area contributed by atoms with E-state index in [1.165, 1.54) is 18.2 Å². The van der Waals surface area contributed by atoms with Crippen LogP contribution in [0.3, 0.4) is 0 Å². The molecule has 1 aliphatic heterocycles. The third-order valence-corrected chi connectivity index (χ3v) is 6.39. The third kappa shape index (κ3) is 5.27. The van der Waals surface area contributed by atoms with Crippen molar-refractivity contribution in [1.82, 2.24) is 10.2 Å². The Morgan fingerprint density at radius 1 is 1.07 bits per heavy atom. The fourth-order valence-electron chi connectivity index (χ4n) is 3.37. The molecule has 0 saturated carbocycles. The van der Waals surface area contributed by atoms with Crippen molar-refractivity contribution < 1.29 is 18.0 Å². The number of nitrogens with one attached hydrogen (secondary N) is 2. The van der Waals surface area contributed by atoms with Crippen molar-refractivity contribution in [2.24, 2.45) is 5.92 Å². The number of hydrogen-bond acceptors (Lipinski definition) is 4. The second-order valence-electron chi connectivity index (χ2n) is 7.10. The van der Waals surface area contributed by atoms with Gasteiger partial charge in [-0.1, -0.05) is 30.3 Å². The summed E-state index contributed by atoms with van der Waals surface area (Å²) in [7, 11) is -3.73. The van der Waals surface area contributed by atoms with E-state index in [4.69, 9.17) is 0 Å². The van der Waals surface area contributed by atoms with Crippen LogP contribution in [0.1, 0.15) is 23.2 Å². The Bertz CT molecular complexity index is 1010. The fraction of sp³-hybridized carbons (Fsp3) is 0.273. The molecule has 0 aliphatic carbocycles. The van der Waals surface area contributed by atoms with Gasteiger partial charge >= 0.3 is 0 Å². The van der Waals surface area contributed by atoms with Crippen molar-refractivity contribution in [2.45, 2.75) is 17.7 Å². The summed E-state index contributed by atoms with van der Waals surface area (Å²) in [5.41, 5.74) is 0.723. The second kappa shape index (κ2) is 9.58. The SMILES string of the molecule is C=CCNC(=O)C1CCN(C(=O)c2cccc(NS(=O)(=O)c3ccccc3)c2)CC1. The van der Waals surface area contributed by atoms with Crippen LogP contribution in [-0.4, -0.2) is 44.8 Å². The number of sulfonamides is 1. The molecule has 3 rings (SSSR count). The number of nitrogens with zero attached hydrogens (tertiary/aromatic N) is 1. The Labute approximate surface area is 176 Å². The predicted octanol–water partition coefficient (Wildman–Crippen LogP) is 2.64. The molecule has 2 aromatic rings. The van der Waals surface area contributed by atoms with Gasteiger partial charge in [0, 0.05) is 36.8 Å². The molecular weight excluding hydrogens is 402 g/mol. The average Bonchev–Trinajstić information content (AvgIpc) is 2.77. The number of piperidine rings is 1. The molecule has 2 amide bonds. The molecule has 0 radical (unpaired) electrons. The number of hydrogen-bond donors (Lipinski definition) is 2. The number of amides is 2. The number of carbonyl (C=O) groups excluding carboxylic acids is 2. The van der Waals surface area contributed by atoms with E-state index in [1.54, 1.807) is 47.4 Å². The maximum Gasteiger partial charge on any atom is 0.261 e. The lowest BCUT2D eigenvalue weighted by molar-refractivity contribution is -0.126. The lowest BCUT2D eigenvalue weighted by Crippen LogP contribution is -2.43. The van der Waals surface area contributed by atoms with Crippen LogP contribution < -0.4 is 10.0 Å². The molecule has 1 aliphatic rings. The third-order valence-electron chi connectivity index (χ3n) is 4.99. The van der Waals surface area contributed by atoms with Crippen LogP contribution in [0, 0.1) is 5.92 Å². The summed E-state index contributed by atoms with van der Waals surface area (Å²) in [6.45, 7) is 4.97. The highest BCUT2D eigenvalue weighted by Crippen LogP contribution is 2.22. The molecule has 0 atom stereocenters. The van der Waals surface area contributed by atoms with Gasteiger partial charge in [-0.2, -0.15) is 0 Å². The summed E-state index contributed by atoms with van der Waals surface area (Å²) in [6.07, 6.45) is 2.82. The van der Waals surface area contributed by atoms with E-state index in [9.17, 15) is 18.0 Å². The molecule has 30 heavy (non-hydrogen) atoms. The fourth-order valence-corrected chi connectivity index (χ4v) is 4.44. The highest BCUT2D eigenvalue weighted by molar-refractivity contribution is 7.92. The van der Waals surface area contributed by atoms with Crippen LogP contribution in [-0.2, 0) is 14.8 Å². The molecule has 158 valence electrons. The molecule has 7 nitrogen and oxygen atoms in total. The summed E-state index contributed by atoms with van der Waals surface area (Å²) in [5, 5.41) is 2.79. The van der Waals surface area contributed by atoms with Gasteiger partial charge in [-0.25, -0.2) is 8.42 Å². The zero-order valence-corrected chi connectivity index (χ0v) is 17.4. The Kier molecular flexibility index (Phi) is 6.89. The topological polar surface area (TPSA) is 95.6 Å². The predicted molar refractivity (Wildman–Crippen MR) is 116 cm³/mol. The number of benzene rings is 2. The summed E-state index contributed by atoms with van der Waals surface area (Å²) in [5.74, 6) is -0.307. The van der Waals surface area contributed by atoms with Crippen LogP contribution >= 0.6 is 0 Å². The maximum atomic E-state index is 12.9. The normalized spacial score (nSPS) is 14.7. The lowest BCUT2D eigenvalue weighted by Gasteiger charge is -2.31. The molecule has 8 heteroatoms. The van der Waals surface area contributed by atoms with Gasteiger partial charge in [-0.3, -0.25) is 14.3 Å². The van der Waals surface area contributed by atoms with Crippen molar-refractivity contribution in [1.29, 1.82) is 0 Å². The van der Waals surface area contributed by atoms with Crippen LogP contribution in [0.15, 0.2) is 72.1 Å². The first kappa shape index (κ1) is 21.6. The van der Waals surface area contributed by atoms with Gasteiger partial charge in [-0.05, 0) is 43.2 Å². The number of anilines is 1. The molecular formula is C22H25N3O4S. The summed E-state index contributed by atoms with van der Waals surface area (Å²) in [6, 6.07) is 14.5. The van der Waals surface area contributed by atoms with E-state index >= 15 is 0 Å².